The maximum Gasteiger partial charge on any atom is 0.258 e. The van der Waals surface area contributed by atoms with Gasteiger partial charge in [-0.15, -0.1) is 5.10 Å². The Hall–Kier alpha value is -3.61. The molecule has 3 heterocycles. The standard InChI is InChI=1S/C20H18N6O/c1-2-11-26-13-22-20(25-26)24-19(27)15-12-18(17-9-5-6-10-21-17)23-16-8-4-3-7-14(15)16/h3-10,12-13H,2,11H2,1H3,(H,24,25,27). The van der Waals surface area contributed by atoms with Crippen LogP contribution in [0.4, 0.5) is 5.95 Å². The number of aromatic nitrogens is 5. The summed E-state index contributed by atoms with van der Waals surface area (Å²) >= 11 is 0. The lowest BCUT2D eigenvalue weighted by Crippen LogP contribution is -2.14. The molecule has 3 aromatic heterocycles. The summed E-state index contributed by atoms with van der Waals surface area (Å²) in [4.78, 5) is 26.1. The molecule has 1 aromatic carbocycles. The molecular formula is C20H18N6O. The molecule has 0 unspecified atom stereocenters. The Morgan fingerprint density at radius 3 is 2.74 bits per heavy atom. The number of anilines is 1. The topological polar surface area (TPSA) is 85.6 Å². The van der Waals surface area contributed by atoms with Crippen LogP contribution in [-0.2, 0) is 6.54 Å². The van der Waals surface area contributed by atoms with Crippen molar-refractivity contribution in [1.29, 1.82) is 0 Å². The van der Waals surface area contributed by atoms with Gasteiger partial charge < -0.3 is 0 Å². The Morgan fingerprint density at radius 2 is 1.93 bits per heavy atom. The molecule has 1 N–H and O–H groups in total. The number of hydrogen-bond acceptors (Lipinski definition) is 5. The van der Waals surface area contributed by atoms with Gasteiger partial charge in [0.05, 0.1) is 22.5 Å². The Bertz CT molecular complexity index is 1090. The molecule has 7 heteroatoms. The van der Waals surface area contributed by atoms with E-state index in [0.717, 1.165) is 23.9 Å². The summed E-state index contributed by atoms with van der Waals surface area (Å²) in [5, 5.41) is 7.82. The zero-order valence-corrected chi connectivity index (χ0v) is 14.8. The minimum absolute atomic E-state index is 0.278. The molecule has 0 aliphatic carbocycles. The summed E-state index contributed by atoms with van der Waals surface area (Å²) < 4.78 is 1.71. The number of carbonyl (C=O) groups is 1. The van der Waals surface area contributed by atoms with Gasteiger partial charge in [-0.05, 0) is 30.7 Å². The number of benzene rings is 1. The third kappa shape index (κ3) is 3.52. The van der Waals surface area contributed by atoms with E-state index in [1.807, 2.05) is 42.5 Å². The summed E-state index contributed by atoms with van der Waals surface area (Å²) in [6, 6.07) is 14.9. The van der Waals surface area contributed by atoms with Crippen molar-refractivity contribution in [2.45, 2.75) is 19.9 Å². The van der Waals surface area contributed by atoms with E-state index in [1.54, 1.807) is 23.3 Å². The van der Waals surface area contributed by atoms with E-state index in [2.05, 4.69) is 32.3 Å². The molecule has 0 atom stereocenters. The normalized spacial score (nSPS) is 10.9. The van der Waals surface area contributed by atoms with E-state index in [-0.39, 0.29) is 11.9 Å². The first kappa shape index (κ1) is 16.8. The first-order chi connectivity index (χ1) is 13.2. The van der Waals surface area contributed by atoms with Crippen molar-refractivity contribution in [2.75, 3.05) is 5.32 Å². The molecule has 0 aliphatic rings. The van der Waals surface area contributed by atoms with Gasteiger partial charge in [-0.25, -0.2) is 9.97 Å². The predicted molar refractivity (Wildman–Crippen MR) is 103 cm³/mol. The van der Waals surface area contributed by atoms with E-state index < -0.39 is 0 Å². The fraction of sp³-hybridized carbons (Fsp3) is 0.150. The van der Waals surface area contributed by atoms with Crippen LogP contribution in [0.2, 0.25) is 0 Å². The number of rotatable bonds is 5. The van der Waals surface area contributed by atoms with Crippen molar-refractivity contribution in [1.82, 2.24) is 24.7 Å². The van der Waals surface area contributed by atoms with Crippen LogP contribution in [0.15, 0.2) is 61.1 Å². The number of carbonyl (C=O) groups excluding carboxylic acids is 1. The van der Waals surface area contributed by atoms with Crippen molar-refractivity contribution in [3.8, 4) is 11.4 Å². The van der Waals surface area contributed by atoms with Gasteiger partial charge in [-0.1, -0.05) is 31.2 Å². The summed E-state index contributed by atoms with van der Waals surface area (Å²) in [6.45, 7) is 2.81. The minimum Gasteiger partial charge on any atom is -0.289 e. The van der Waals surface area contributed by atoms with Gasteiger partial charge in [0.1, 0.15) is 6.33 Å². The maximum atomic E-state index is 12.9. The van der Waals surface area contributed by atoms with Gasteiger partial charge in [0.2, 0.25) is 5.95 Å². The second-order valence-corrected chi connectivity index (χ2v) is 6.07. The van der Waals surface area contributed by atoms with Gasteiger partial charge in [-0.2, -0.15) is 0 Å². The molecule has 134 valence electrons. The molecule has 0 bridgehead atoms. The highest BCUT2D eigenvalue weighted by Crippen LogP contribution is 2.24. The Balaban J connectivity index is 1.73. The lowest BCUT2D eigenvalue weighted by Gasteiger charge is -2.09. The molecule has 0 saturated heterocycles. The van der Waals surface area contributed by atoms with E-state index in [4.69, 9.17) is 0 Å². The van der Waals surface area contributed by atoms with Crippen LogP contribution in [0.1, 0.15) is 23.7 Å². The van der Waals surface area contributed by atoms with Crippen LogP contribution in [0.5, 0.6) is 0 Å². The zero-order valence-electron chi connectivity index (χ0n) is 14.8. The van der Waals surface area contributed by atoms with Crippen molar-refractivity contribution in [3.63, 3.8) is 0 Å². The third-order valence-electron chi connectivity index (χ3n) is 4.10. The van der Waals surface area contributed by atoms with Crippen LogP contribution >= 0.6 is 0 Å². The number of hydrogen-bond donors (Lipinski definition) is 1. The molecule has 0 spiro atoms. The number of pyridine rings is 2. The van der Waals surface area contributed by atoms with Crippen molar-refractivity contribution < 1.29 is 4.79 Å². The molecule has 0 fully saturated rings. The Labute approximate surface area is 156 Å². The number of nitrogens with one attached hydrogen (secondary N) is 1. The number of nitrogens with zero attached hydrogens (tertiary/aromatic N) is 5. The number of fused-ring (bicyclic) bond motifs is 1. The van der Waals surface area contributed by atoms with Crippen LogP contribution in [0.25, 0.3) is 22.3 Å². The lowest BCUT2D eigenvalue weighted by atomic mass is 10.1. The molecule has 0 saturated carbocycles. The smallest absolute Gasteiger partial charge is 0.258 e. The monoisotopic (exact) mass is 358 g/mol. The highest BCUT2D eigenvalue weighted by atomic mass is 16.1. The lowest BCUT2D eigenvalue weighted by molar-refractivity contribution is 0.102. The molecule has 7 nitrogen and oxygen atoms in total. The molecule has 4 rings (SSSR count). The van der Waals surface area contributed by atoms with Gasteiger partial charge in [0.25, 0.3) is 5.91 Å². The van der Waals surface area contributed by atoms with Crippen molar-refractivity contribution in [2.24, 2.45) is 0 Å². The van der Waals surface area contributed by atoms with Gasteiger partial charge in [0.15, 0.2) is 0 Å². The highest BCUT2D eigenvalue weighted by molar-refractivity contribution is 6.12. The average molecular weight is 358 g/mol. The second kappa shape index (κ2) is 7.33. The summed E-state index contributed by atoms with van der Waals surface area (Å²) in [5.74, 6) is 0.00811. The van der Waals surface area contributed by atoms with E-state index in [0.29, 0.717) is 17.0 Å². The first-order valence-electron chi connectivity index (χ1n) is 8.76. The predicted octanol–water partition coefficient (Wildman–Crippen LogP) is 3.55. The largest absolute Gasteiger partial charge is 0.289 e. The Kier molecular flexibility index (Phi) is 4.57. The highest BCUT2D eigenvalue weighted by Gasteiger charge is 2.16. The van der Waals surface area contributed by atoms with Gasteiger partial charge in [-0.3, -0.25) is 19.8 Å². The van der Waals surface area contributed by atoms with Gasteiger partial charge in [0, 0.05) is 18.1 Å². The fourth-order valence-corrected chi connectivity index (χ4v) is 2.87. The minimum atomic E-state index is -0.278. The van der Waals surface area contributed by atoms with Gasteiger partial charge >= 0.3 is 0 Å². The van der Waals surface area contributed by atoms with Crippen molar-refractivity contribution in [3.05, 3.63) is 66.6 Å². The average Bonchev–Trinajstić information content (AvgIpc) is 3.15. The molecule has 1 amide bonds. The summed E-state index contributed by atoms with van der Waals surface area (Å²) in [6.07, 6.45) is 4.26. The van der Waals surface area contributed by atoms with Crippen LogP contribution in [-0.4, -0.2) is 30.6 Å². The van der Waals surface area contributed by atoms with Crippen molar-refractivity contribution >= 4 is 22.8 Å². The zero-order chi connectivity index (χ0) is 18.6. The van der Waals surface area contributed by atoms with E-state index in [9.17, 15) is 4.79 Å². The van der Waals surface area contributed by atoms with Crippen LogP contribution in [0, 0.1) is 0 Å². The summed E-state index contributed by atoms with van der Waals surface area (Å²) in [7, 11) is 0. The quantitative estimate of drug-likeness (QED) is 0.590. The fourth-order valence-electron chi connectivity index (χ4n) is 2.87. The van der Waals surface area contributed by atoms with E-state index >= 15 is 0 Å². The second-order valence-electron chi connectivity index (χ2n) is 6.07. The van der Waals surface area contributed by atoms with Crippen LogP contribution < -0.4 is 5.32 Å². The number of para-hydroxylation sites is 1. The number of aryl methyl sites for hydroxylation is 1. The molecule has 0 aliphatic heterocycles. The maximum absolute atomic E-state index is 12.9. The molecule has 0 radical (unpaired) electrons. The van der Waals surface area contributed by atoms with Crippen LogP contribution in [0.3, 0.4) is 0 Å². The summed E-state index contributed by atoms with van der Waals surface area (Å²) in [5.41, 5.74) is 2.59. The molecule has 4 aromatic rings. The third-order valence-corrected chi connectivity index (χ3v) is 4.10. The first-order valence-corrected chi connectivity index (χ1v) is 8.76. The number of amides is 1. The molecular weight excluding hydrogens is 340 g/mol. The molecule has 27 heavy (non-hydrogen) atoms. The Morgan fingerprint density at radius 1 is 1.07 bits per heavy atom. The SMILES string of the molecule is CCCn1cnc(NC(=O)c2cc(-c3ccccn3)nc3ccccc23)n1. The van der Waals surface area contributed by atoms with E-state index in [1.165, 1.54) is 0 Å².